The van der Waals surface area contributed by atoms with E-state index in [1.807, 2.05) is 12.1 Å². The van der Waals surface area contributed by atoms with E-state index in [1.54, 1.807) is 0 Å². The van der Waals surface area contributed by atoms with E-state index < -0.39 is 11.8 Å². The summed E-state index contributed by atoms with van der Waals surface area (Å²) >= 11 is 0. The first-order valence-corrected chi connectivity index (χ1v) is 9.75. The number of benzene rings is 1. The van der Waals surface area contributed by atoms with Crippen molar-refractivity contribution in [3.8, 4) is 0 Å². The first-order chi connectivity index (χ1) is 12.0. The minimum atomic E-state index is -1.23. The second-order valence-corrected chi connectivity index (χ2v) is 7.33. The summed E-state index contributed by atoms with van der Waals surface area (Å²) in [5.74, 6) is 0. The summed E-state index contributed by atoms with van der Waals surface area (Å²) in [4.78, 5) is 10.6. The maximum absolute atomic E-state index is 10.9. The highest BCUT2D eigenvalue weighted by Gasteiger charge is 2.36. The zero-order valence-corrected chi connectivity index (χ0v) is 15.4. The summed E-state index contributed by atoms with van der Waals surface area (Å²) in [6.45, 7) is 2.24. The molecule has 0 spiro atoms. The van der Waals surface area contributed by atoms with Crippen LogP contribution in [-0.4, -0.2) is 22.5 Å². The fraction of sp³-hybridized carbons (Fsp3) is 0.667. The summed E-state index contributed by atoms with van der Waals surface area (Å²) in [6, 6.07) is 8.31. The minimum Gasteiger partial charge on any atom is -0.450 e. The van der Waals surface area contributed by atoms with Crippen molar-refractivity contribution < 1.29 is 19.7 Å². The van der Waals surface area contributed by atoms with Gasteiger partial charge in [-0.1, -0.05) is 63.3 Å². The largest absolute Gasteiger partial charge is 0.506 e. The van der Waals surface area contributed by atoms with Crippen LogP contribution in [0.3, 0.4) is 0 Å². The van der Waals surface area contributed by atoms with E-state index in [-0.39, 0.29) is 6.10 Å². The van der Waals surface area contributed by atoms with Gasteiger partial charge >= 0.3 is 6.16 Å². The van der Waals surface area contributed by atoms with Crippen molar-refractivity contribution in [1.29, 1.82) is 0 Å². The number of aryl methyl sites for hydroxylation is 1. The molecular formula is C21H32O4. The Morgan fingerprint density at radius 2 is 1.68 bits per heavy atom. The SMILES string of the molecule is CCCCCCCCc1ccc(C2(O)CCC(OC(=O)O)CC2)cc1. The third kappa shape index (κ3) is 6.35. The number of rotatable bonds is 9. The molecule has 4 nitrogen and oxygen atoms in total. The number of hydrogen-bond donors (Lipinski definition) is 2. The maximum Gasteiger partial charge on any atom is 0.506 e. The standard InChI is InChI=1S/C21H32O4/c1-2-3-4-5-6-7-8-17-9-11-18(12-10-17)21(24)15-13-19(14-16-21)25-20(22)23/h9-12,19,24H,2-8,13-16H2,1H3,(H,22,23). The Bertz CT molecular complexity index is 515. The van der Waals surface area contributed by atoms with E-state index in [4.69, 9.17) is 9.84 Å². The molecule has 1 aromatic carbocycles. The fourth-order valence-corrected chi connectivity index (χ4v) is 3.71. The molecule has 0 atom stereocenters. The summed E-state index contributed by atoms with van der Waals surface area (Å²) in [7, 11) is 0. The lowest BCUT2D eigenvalue weighted by molar-refractivity contribution is -0.0481. The highest BCUT2D eigenvalue weighted by atomic mass is 16.7. The number of hydrogen-bond acceptors (Lipinski definition) is 3. The van der Waals surface area contributed by atoms with Crippen LogP contribution in [0.2, 0.25) is 0 Å². The monoisotopic (exact) mass is 348 g/mol. The molecule has 0 saturated heterocycles. The topological polar surface area (TPSA) is 66.8 Å². The van der Waals surface area contributed by atoms with Crippen LogP contribution in [0.5, 0.6) is 0 Å². The molecule has 0 unspecified atom stereocenters. The molecule has 4 heteroatoms. The highest BCUT2D eigenvalue weighted by Crippen LogP contribution is 2.38. The van der Waals surface area contributed by atoms with Gasteiger partial charge in [0.05, 0.1) is 5.60 Å². The fourth-order valence-electron chi connectivity index (χ4n) is 3.71. The van der Waals surface area contributed by atoms with Gasteiger partial charge in [0, 0.05) is 0 Å². The number of unbranched alkanes of at least 4 members (excludes halogenated alkanes) is 5. The van der Waals surface area contributed by atoms with E-state index in [0.29, 0.717) is 25.7 Å². The molecule has 0 aromatic heterocycles. The summed E-state index contributed by atoms with van der Waals surface area (Å²) in [5.41, 5.74) is 1.41. The molecule has 1 aromatic rings. The lowest BCUT2D eigenvalue weighted by atomic mass is 9.78. The Kier molecular flexibility index (Phi) is 7.76. The average molecular weight is 348 g/mol. The summed E-state index contributed by atoms with van der Waals surface area (Å²) < 4.78 is 4.82. The van der Waals surface area contributed by atoms with Crippen molar-refractivity contribution in [2.75, 3.05) is 0 Å². The smallest absolute Gasteiger partial charge is 0.450 e. The first kappa shape index (κ1) is 19.8. The van der Waals surface area contributed by atoms with Gasteiger partial charge in [-0.05, 0) is 49.7 Å². The molecule has 25 heavy (non-hydrogen) atoms. The van der Waals surface area contributed by atoms with Gasteiger partial charge in [-0.25, -0.2) is 4.79 Å². The van der Waals surface area contributed by atoms with Crippen LogP contribution in [-0.2, 0) is 16.8 Å². The highest BCUT2D eigenvalue weighted by molar-refractivity contribution is 5.57. The van der Waals surface area contributed by atoms with Gasteiger partial charge in [0.2, 0.25) is 0 Å². The molecule has 0 aliphatic heterocycles. The van der Waals surface area contributed by atoms with Crippen molar-refractivity contribution in [2.24, 2.45) is 0 Å². The number of aliphatic hydroxyl groups is 1. The molecule has 1 saturated carbocycles. The Morgan fingerprint density at radius 1 is 1.08 bits per heavy atom. The second kappa shape index (κ2) is 9.81. The Morgan fingerprint density at radius 3 is 2.28 bits per heavy atom. The molecule has 1 fully saturated rings. The van der Waals surface area contributed by atoms with Gasteiger partial charge in [0.1, 0.15) is 6.10 Å². The van der Waals surface area contributed by atoms with Crippen LogP contribution in [0.25, 0.3) is 0 Å². The summed E-state index contributed by atoms with van der Waals surface area (Å²) in [6.07, 6.45) is 9.62. The predicted octanol–water partition coefficient (Wildman–Crippen LogP) is 5.41. The van der Waals surface area contributed by atoms with Crippen molar-refractivity contribution >= 4 is 6.16 Å². The Labute approximate surface area is 151 Å². The number of carboxylic acid groups (broad SMARTS) is 1. The summed E-state index contributed by atoms with van der Waals surface area (Å²) in [5, 5.41) is 19.6. The molecule has 1 aliphatic rings. The average Bonchev–Trinajstić information content (AvgIpc) is 2.60. The molecule has 0 radical (unpaired) electrons. The maximum atomic E-state index is 10.9. The third-order valence-electron chi connectivity index (χ3n) is 5.34. The van der Waals surface area contributed by atoms with E-state index in [1.165, 1.54) is 44.1 Å². The first-order valence-electron chi connectivity index (χ1n) is 9.75. The van der Waals surface area contributed by atoms with Gasteiger partial charge < -0.3 is 14.9 Å². The van der Waals surface area contributed by atoms with Gasteiger partial charge in [-0.15, -0.1) is 0 Å². The van der Waals surface area contributed by atoms with E-state index in [0.717, 1.165) is 12.0 Å². The predicted molar refractivity (Wildman–Crippen MR) is 98.8 cm³/mol. The van der Waals surface area contributed by atoms with Crippen molar-refractivity contribution in [3.63, 3.8) is 0 Å². The van der Waals surface area contributed by atoms with Gasteiger partial charge in [0.15, 0.2) is 0 Å². The molecule has 1 aliphatic carbocycles. The van der Waals surface area contributed by atoms with Crippen molar-refractivity contribution in [1.82, 2.24) is 0 Å². The second-order valence-electron chi connectivity index (χ2n) is 7.33. The van der Waals surface area contributed by atoms with Gasteiger partial charge in [-0.3, -0.25) is 0 Å². The molecule has 0 bridgehead atoms. The Hall–Kier alpha value is -1.55. The van der Waals surface area contributed by atoms with Crippen LogP contribution in [0.1, 0.15) is 82.3 Å². The zero-order valence-electron chi connectivity index (χ0n) is 15.4. The van der Waals surface area contributed by atoms with Crippen molar-refractivity contribution in [3.05, 3.63) is 35.4 Å². The van der Waals surface area contributed by atoms with Gasteiger partial charge in [-0.2, -0.15) is 0 Å². The minimum absolute atomic E-state index is 0.287. The third-order valence-corrected chi connectivity index (χ3v) is 5.34. The van der Waals surface area contributed by atoms with Crippen LogP contribution in [0.15, 0.2) is 24.3 Å². The number of ether oxygens (including phenoxy) is 1. The molecule has 140 valence electrons. The van der Waals surface area contributed by atoms with E-state index >= 15 is 0 Å². The zero-order chi connectivity index (χ0) is 18.1. The normalized spacial score (nSPS) is 23.4. The van der Waals surface area contributed by atoms with Crippen LogP contribution < -0.4 is 0 Å². The molecule has 2 rings (SSSR count). The van der Waals surface area contributed by atoms with E-state index in [2.05, 4.69) is 19.1 Å². The Balaban J connectivity index is 1.78. The molecule has 2 N–H and O–H groups in total. The number of carbonyl (C=O) groups is 1. The quantitative estimate of drug-likeness (QED) is 0.462. The van der Waals surface area contributed by atoms with E-state index in [9.17, 15) is 9.90 Å². The van der Waals surface area contributed by atoms with Crippen LogP contribution in [0, 0.1) is 0 Å². The van der Waals surface area contributed by atoms with Gasteiger partial charge in [0.25, 0.3) is 0 Å². The molecule has 0 heterocycles. The van der Waals surface area contributed by atoms with Crippen molar-refractivity contribution in [2.45, 2.75) is 89.3 Å². The molecular weight excluding hydrogens is 316 g/mol. The van der Waals surface area contributed by atoms with Crippen LogP contribution >= 0.6 is 0 Å². The lowest BCUT2D eigenvalue weighted by Crippen LogP contribution is -2.35. The van der Waals surface area contributed by atoms with Crippen LogP contribution in [0.4, 0.5) is 4.79 Å². The lowest BCUT2D eigenvalue weighted by Gasteiger charge is -2.35. The molecule has 0 amide bonds.